The summed E-state index contributed by atoms with van der Waals surface area (Å²) in [4.78, 5) is 135. The summed E-state index contributed by atoms with van der Waals surface area (Å²) in [7, 11) is 0. The molecule has 0 radical (unpaired) electrons. The number of aliphatic hydroxyl groups excluding tert-OH is 8. The van der Waals surface area contributed by atoms with E-state index in [0.29, 0.717) is 35.2 Å². The molecule has 0 spiro atoms. The molecule has 560 valence electrons. The molecule has 2 fully saturated rings. The van der Waals surface area contributed by atoms with Crippen molar-refractivity contribution in [1.29, 1.82) is 0 Å². The molecule has 8 amide bonds. The predicted molar refractivity (Wildman–Crippen MR) is 356 cm³/mol. The van der Waals surface area contributed by atoms with E-state index < -0.39 is 183 Å². The summed E-state index contributed by atoms with van der Waals surface area (Å²) in [5.41, 5.74) is 29.0. The number of H-pyrrole nitrogens is 1. The minimum atomic E-state index is -2.20. The number of nitrogen functional groups attached to an aromatic ring is 1. The van der Waals surface area contributed by atoms with Crippen LogP contribution in [0.15, 0.2) is 47.7 Å². The number of aliphatic hydroxyl groups is 8. The van der Waals surface area contributed by atoms with Crippen LogP contribution in [0.3, 0.4) is 0 Å². The van der Waals surface area contributed by atoms with Crippen molar-refractivity contribution in [3.05, 3.63) is 86.9 Å². The fourth-order valence-corrected chi connectivity index (χ4v) is 12.2. The first-order valence-electron chi connectivity index (χ1n) is 32.1. The van der Waals surface area contributed by atoms with Gasteiger partial charge in [0, 0.05) is 73.7 Å². The van der Waals surface area contributed by atoms with Gasteiger partial charge in [-0.05, 0) is 45.9 Å². The Kier molecular flexibility index (Phi) is 30.2. The Morgan fingerprint density at radius 1 is 0.755 bits per heavy atom. The van der Waals surface area contributed by atoms with Crippen LogP contribution in [-0.2, 0) is 60.5 Å². The second-order valence-electron chi connectivity index (χ2n) is 24.0. The normalized spacial score (nSPS) is 23.2. The Morgan fingerprint density at radius 2 is 1.48 bits per heavy atom. The van der Waals surface area contributed by atoms with E-state index in [1.165, 1.54) is 50.4 Å². The third-order valence-corrected chi connectivity index (χ3v) is 18.1. The number of aromatic amines is 1. The lowest BCUT2D eigenvalue weighted by Gasteiger charge is -2.47. The summed E-state index contributed by atoms with van der Waals surface area (Å²) >= 11 is 2.50. The van der Waals surface area contributed by atoms with E-state index in [4.69, 9.17) is 52.4 Å². The lowest BCUT2D eigenvalue weighted by Crippen LogP contribution is -2.65. The van der Waals surface area contributed by atoms with Crippen molar-refractivity contribution in [3.8, 4) is 10.7 Å². The van der Waals surface area contributed by atoms with Crippen LogP contribution in [0.2, 0.25) is 0 Å². The van der Waals surface area contributed by atoms with Gasteiger partial charge in [0.1, 0.15) is 94.6 Å². The molecule has 102 heavy (non-hydrogen) atoms. The lowest BCUT2D eigenvalue weighted by molar-refractivity contribution is -0.372. The number of nitrogens with two attached hydrogens (primary N) is 5. The molecule has 0 saturated carbocycles. The number of pyridine rings is 1. The second-order valence-corrected chi connectivity index (χ2v) is 25.8. The number of imidazole rings is 1. The molecule has 42 heteroatoms. The van der Waals surface area contributed by atoms with Crippen molar-refractivity contribution in [3.63, 3.8) is 0 Å². The van der Waals surface area contributed by atoms with Gasteiger partial charge in [-0.15, -0.1) is 22.7 Å². The third kappa shape index (κ3) is 21.8. The molecule has 19 unspecified atom stereocenters. The van der Waals surface area contributed by atoms with Crippen molar-refractivity contribution in [2.24, 2.45) is 28.9 Å². The van der Waals surface area contributed by atoms with Gasteiger partial charge >= 0.3 is 6.09 Å². The second kappa shape index (κ2) is 38.1. The number of hydrogen-bond donors (Lipinski definition) is 21. The maximum atomic E-state index is 15.2. The molecule has 7 rings (SSSR count). The summed E-state index contributed by atoms with van der Waals surface area (Å²) in [6.07, 6.45) is -21.9. The zero-order chi connectivity index (χ0) is 74.6. The maximum absolute atomic E-state index is 15.2. The summed E-state index contributed by atoms with van der Waals surface area (Å²) in [6.45, 7) is 4.49. The van der Waals surface area contributed by atoms with Gasteiger partial charge in [-0.25, -0.2) is 29.7 Å². The van der Waals surface area contributed by atoms with E-state index >= 15 is 4.79 Å². The van der Waals surface area contributed by atoms with Gasteiger partial charge in [-0.2, -0.15) is 0 Å². The number of primary amides is 3. The number of nitrogens with one attached hydrogen (secondary N) is 8. The van der Waals surface area contributed by atoms with Gasteiger partial charge in [-0.3, -0.25) is 38.5 Å². The summed E-state index contributed by atoms with van der Waals surface area (Å²) in [5, 5.41) is 112. The number of ether oxygens (including phenoxy) is 5. The van der Waals surface area contributed by atoms with Crippen LogP contribution in [0.5, 0.6) is 0 Å². The predicted octanol–water partition coefficient (Wildman–Crippen LogP) is -7.35. The number of anilines is 1. The van der Waals surface area contributed by atoms with Crippen molar-refractivity contribution in [2.45, 2.75) is 163 Å². The highest BCUT2D eigenvalue weighted by atomic mass is 32.1. The molecule has 7 heterocycles. The molecule has 19 atom stereocenters. The van der Waals surface area contributed by atoms with Gasteiger partial charge in [0.25, 0.3) is 11.8 Å². The standard InChI is InChI=1S/C60H87N19O21S2/c1-24-38(76-51(79-49(24)63)30(16-36(62)83)71-17-29(61)50(64)89)55(93)78-40(46(31-18-67-23-72-31)98-59-48(44(87)42(85)34(19-80)97-59)99-58-45(88)47(100-60(65)95)43(86)35(20-81)96-58)56(94)73-26(3)41(84)25(2)52(90)77-39(27(4)82)54(92)70-15-10-37-74-33(22-101-37)57-75-32(21-102-57)53(91)69-13-7-11-66-14-9-28-8-5-6-12-68-28/h5-6,8,12,18,21-23,25-27,29-30,34-35,39-48,58-59,66,71,80-82,84-88H,7,9-11,13-17,19-20,61H2,1-4H3,(H2,62,83)(H2,64,89)(H2,65,95)(H,67,72)(H,69,91)(H,70,92)(H,73,94)(H,77,90)(H,78,93)(H2,63,76,79). The van der Waals surface area contributed by atoms with E-state index in [1.54, 1.807) is 17.0 Å². The third-order valence-electron chi connectivity index (χ3n) is 16.4. The topological polar surface area (TPSA) is 652 Å². The SMILES string of the molecule is Cc1c(N)nc(C(CC(N)=O)NCC(N)C(N)=O)nc1C(=O)NC(C(=O)NC(C)C(O)C(C)C(=O)NC(C(=O)NCCc1nc(-c2nc(C(=O)NCCCNCCc3ccccn3)cs2)cs1)C(C)O)C(OC1OC(CO)C(O)C(O)C1OC1OC(CO)C(O)C(OC(N)=O)C1O)c1cnc[nH]1. The van der Waals surface area contributed by atoms with E-state index in [0.717, 1.165) is 31.2 Å². The molecule has 26 N–H and O–H groups in total. The van der Waals surface area contributed by atoms with Crippen LogP contribution in [0.25, 0.3) is 10.7 Å². The molecule has 5 aromatic heterocycles. The Bertz CT molecular complexity index is 3600. The Labute approximate surface area is 590 Å². The Hall–Kier alpha value is -8.54. The number of carbonyl (C=O) groups excluding carboxylic acids is 8. The summed E-state index contributed by atoms with van der Waals surface area (Å²) < 4.78 is 28.8. The van der Waals surface area contributed by atoms with Crippen LogP contribution in [0.4, 0.5) is 10.6 Å². The van der Waals surface area contributed by atoms with Crippen molar-refractivity contribution < 1.29 is 103 Å². The van der Waals surface area contributed by atoms with E-state index in [2.05, 4.69) is 72.1 Å². The first-order valence-corrected chi connectivity index (χ1v) is 33.8. The molecular formula is C60H87N19O21S2. The number of carbonyl (C=O) groups is 8. The quantitative estimate of drug-likeness (QED) is 0.0163. The van der Waals surface area contributed by atoms with Crippen molar-refractivity contribution >= 4 is 75.9 Å². The van der Waals surface area contributed by atoms with Crippen LogP contribution < -0.4 is 65.9 Å². The zero-order valence-corrected chi connectivity index (χ0v) is 57.3. The smallest absolute Gasteiger partial charge is 0.404 e. The minimum Gasteiger partial charge on any atom is -0.441 e. The maximum Gasteiger partial charge on any atom is 0.404 e. The van der Waals surface area contributed by atoms with Crippen LogP contribution in [0, 0.1) is 12.8 Å². The number of nitrogens with zero attached hydrogens (tertiary/aromatic N) is 6. The van der Waals surface area contributed by atoms with Gasteiger partial charge in [0.15, 0.2) is 18.7 Å². The van der Waals surface area contributed by atoms with E-state index in [-0.39, 0.29) is 54.0 Å². The zero-order valence-electron chi connectivity index (χ0n) is 55.6. The molecular weight excluding hydrogens is 1390 g/mol. The van der Waals surface area contributed by atoms with Crippen LogP contribution in [0.1, 0.15) is 94.5 Å². The fourth-order valence-electron chi connectivity index (χ4n) is 10.5. The number of aromatic nitrogens is 7. The van der Waals surface area contributed by atoms with Gasteiger partial charge < -0.3 is 135 Å². The molecule has 2 saturated heterocycles. The molecule has 5 aromatic rings. The highest BCUT2D eigenvalue weighted by Gasteiger charge is 2.54. The van der Waals surface area contributed by atoms with E-state index in [1.807, 2.05) is 18.2 Å². The highest BCUT2D eigenvalue weighted by Crippen LogP contribution is 2.35. The Balaban J connectivity index is 1.07. The first-order chi connectivity index (χ1) is 48.5. The molecule has 0 aromatic carbocycles. The average molecular weight is 1470 g/mol. The summed E-state index contributed by atoms with van der Waals surface area (Å²) in [5.74, 6) is -8.76. The number of thiazole rings is 2. The molecule has 2 aliphatic heterocycles. The van der Waals surface area contributed by atoms with Crippen molar-refractivity contribution in [2.75, 3.05) is 51.7 Å². The number of amides is 8. The number of hydrogen-bond acceptors (Lipinski definition) is 33. The summed E-state index contributed by atoms with van der Waals surface area (Å²) in [6, 6.07) is -2.13. The van der Waals surface area contributed by atoms with Crippen LogP contribution in [-0.4, -0.2) is 267 Å². The molecule has 0 bridgehead atoms. The average Bonchev–Trinajstić information content (AvgIpc) is 1.05. The van der Waals surface area contributed by atoms with Gasteiger partial charge in [0.05, 0.1) is 72.7 Å². The van der Waals surface area contributed by atoms with Gasteiger partial charge in [0.2, 0.25) is 29.5 Å². The molecule has 0 aliphatic carbocycles. The minimum absolute atomic E-state index is 0.0178. The highest BCUT2D eigenvalue weighted by molar-refractivity contribution is 7.14. The van der Waals surface area contributed by atoms with Gasteiger partial charge in [-0.1, -0.05) is 13.0 Å². The molecule has 40 nitrogen and oxygen atoms in total. The fraction of sp³-hybridized carbons (Fsp3) is 0.567. The van der Waals surface area contributed by atoms with Crippen LogP contribution >= 0.6 is 22.7 Å². The lowest BCUT2D eigenvalue weighted by atomic mass is 9.96. The number of rotatable bonds is 38. The largest absolute Gasteiger partial charge is 0.441 e. The first kappa shape index (κ1) is 80.8. The monoisotopic (exact) mass is 1470 g/mol. The van der Waals surface area contributed by atoms with E-state index in [9.17, 15) is 74.4 Å². The van der Waals surface area contributed by atoms with Crippen molar-refractivity contribution in [1.82, 2.24) is 72.1 Å². The molecule has 2 aliphatic rings. The Morgan fingerprint density at radius 3 is 2.14 bits per heavy atom.